The summed E-state index contributed by atoms with van der Waals surface area (Å²) >= 11 is 0. The first-order valence-corrected chi connectivity index (χ1v) is 4.62. The van der Waals surface area contributed by atoms with Gasteiger partial charge in [0.2, 0.25) is 5.95 Å². The Hall–Kier alpha value is -1.26. The van der Waals surface area contributed by atoms with Gasteiger partial charge in [0.25, 0.3) is 6.43 Å². The lowest BCUT2D eigenvalue weighted by atomic mass is 10.4. The van der Waals surface area contributed by atoms with Gasteiger partial charge in [0, 0.05) is 25.5 Å². The standard InChI is InChI=1S/C9H11F2N3/c10-8(11)7-5-12-9(13-6-7)14-3-1-2-4-14/h5-6,8H,1-4H2. The summed E-state index contributed by atoms with van der Waals surface area (Å²) in [7, 11) is 0. The van der Waals surface area contributed by atoms with E-state index in [1.165, 1.54) is 12.4 Å². The van der Waals surface area contributed by atoms with Gasteiger partial charge in [0.15, 0.2) is 0 Å². The SMILES string of the molecule is FC(F)c1cnc(N2CCCC2)nc1. The zero-order valence-electron chi connectivity index (χ0n) is 7.66. The fraction of sp³-hybridized carbons (Fsp3) is 0.556. The second-order valence-electron chi connectivity index (χ2n) is 3.31. The van der Waals surface area contributed by atoms with Crippen molar-refractivity contribution in [1.29, 1.82) is 0 Å². The van der Waals surface area contributed by atoms with Crippen LogP contribution in [0, 0.1) is 0 Å². The summed E-state index contributed by atoms with van der Waals surface area (Å²) in [6, 6.07) is 0. The predicted molar refractivity (Wildman–Crippen MR) is 48.4 cm³/mol. The van der Waals surface area contributed by atoms with Gasteiger partial charge in [-0.25, -0.2) is 18.7 Å². The van der Waals surface area contributed by atoms with Gasteiger partial charge in [-0.15, -0.1) is 0 Å². The highest BCUT2D eigenvalue weighted by Gasteiger charge is 2.15. The van der Waals surface area contributed by atoms with Gasteiger partial charge in [-0.1, -0.05) is 0 Å². The van der Waals surface area contributed by atoms with Crippen LogP contribution in [0.25, 0.3) is 0 Å². The maximum absolute atomic E-state index is 12.2. The average Bonchev–Trinajstić information content (AvgIpc) is 2.71. The van der Waals surface area contributed by atoms with E-state index in [4.69, 9.17) is 0 Å². The molecule has 76 valence electrons. The zero-order valence-corrected chi connectivity index (χ0v) is 7.66. The van der Waals surface area contributed by atoms with E-state index < -0.39 is 6.43 Å². The lowest BCUT2D eigenvalue weighted by Crippen LogP contribution is -2.20. The molecule has 1 saturated heterocycles. The molecule has 0 N–H and O–H groups in total. The van der Waals surface area contributed by atoms with Crippen molar-refractivity contribution >= 4 is 5.95 Å². The number of hydrogen-bond donors (Lipinski definition) is 0. The van der Waals surface area contributed by atoms with Gasteiger partial charge in [-0.05, 0) is 12.8 Å². The summed E-state index contributed by atoms with van der Waals surface area (Å²) in [5.41, 5.74) is -0.118. The Labute approximate surface area is 80.8 Å². The van der Waals surface area contributed by atoms with Crippen molar-refractivity contribution in [1.82, 2.24) is 9.97 Å². The first kappa shape index (κ1) is 9.30. The molecule has 0 atom stereocenters. The molecule has 1 fully saturated rings. The van der Waals surface area contributed by atoms with Crippen molar-refractivity contribution in [3.8, 4) is 0 Å². The monoisotopic (exact) mass is 199 g/mol. The molecule has 0 radical (unpaired) electrons. The number of anilines is 1. The summed E-state index contributed by atoms with van der Waals surface area (Å²) in [5, 5.41) is 0. The minimum atomic E-state index is -2.48. The molecule has 0 saturated carbocycles. The summed E-state index contributed by atoms with van der Waals surface area (Å²) in [4.78, 5) is 9.84. The summed E-state index contributed by atoms with van der Waals surface area (Å²) < 4.78 is 24.4. The van der Waals surface area contributed by atoms with Gasteiger partial charge < -0.3 is 4.90 Å². The van der Waals surface area contributed by atoms with Crippen molar-refractivity contribution in [3.63, 3.8) is 0 Å². The van der Waals surface area contributed by atoms with Crippen LogP contribution >= 0.6 is 0 Å². The van der Waals surface area contributed by atoms with E-state index in [2.05, 4.69) is 9.97 Å². The smallest absolute Gasteiger partial charge is 0.266 e. The van der Waals surface area contributed by atoms with Gasteiger partial charge in [0.1, 0.15) is 0 Å². The molecular formula is C9H11F2N3. The van der Waals surface area contributed by atoms with Gasteiger partial charge in [-0.2, -0.15) is 0 Å². The molecule has 5 heteroatoms. The van der Waals surface area contributed by atoms with E-state index in [1.54, 1.807) is 0 Å². The average molecular weight is 199 g/mol. The normalized spacial score (nSPS) is 16.6. The molecule has 2 rings (SSSR count). The van der Waals surface area contributed by atoms with Crippen LogP contribution < -0.4 is 4.90 Å². The first-order chi connectivity index (χ1) is 6.77. The van der Waals surface area contributed by atoms with E-state index in [1.807, 2.05) is 4.90 Å². The molecule has 0 aliphatic carbocycles. The Kier molecular flexibility index (Phi) is 2.56. The molecule has 0 spiro atoms. The van der Waals surface area contributed by atoms with Crippen molar-refractivity contribution in [2.75, 3.05) is 18.0 Å². The summed E-state index contributed by atoms with van der Waals surface area (Å²) in [6.07, 6.45) is 2.17. The molecule has 0 aromatic carbocycles. The fourth-order valence-electron chi connectivity index (χ4n) is 1.52. The Balaban J connectivity index is 2.12. The molecule has 0 unspecified atom stereocenters. The van der Waals surface area contributed by atoms with E-state index in [0.29, 0.717) is 5.95 Å². The molecular weight excluding hydrogens is 188 g/mol. The predicted octanol–water partition coefficient (Wildman–Crippen LogP) is 2.01. The molecule has 1 aromatic rings. The van der Waals surface area contributed by atoms with Crippen molar-refractivity contribution in [2.24, 2.45) is 0 Å². The van der Waals surface area contributed by atoms with Gasteiger partial charge in [0.05, 0.1) is 5.56 Å². The summed E-state index contributed by atoms with van der Waals surface area (Å²) in [6.45, 7) is 1.85. The third-order valence-corrected chi connectivity index (χ3v) is 2.30. The molecule has 1 aliphatic rings. The minimum Gasteiger partial charge on any atom is -0.341 e. The Morgan fingerprint density at radius 1 is 1.14 bits per heavy atom. The molecule has 14 heavy (non-hydrogen) atoms. The molecule has 3 nitrogen and oxygen atoms in total. The molecule has 1 aliphatic heterocycles. The van der Waals surface area contributed by atoms with Gasteiger partial charge in [-0.3, -0.25) is 0 Å². The van der Waals surface area contributed by atoms with Crippen molar-refractivity contribution < 1.29 is 8.78 Å². The van der Waals surface area contributed by atoms with E-state index in [9.17, 15) is 8.78 Å². The van der Waals surface area contributed by atoms with Crippen LogP contribution in [0.3, 0.4) is 0 Å². The highest BCUT2D eigenvalue weighted by atomic mass is 19.3. The Morgan fingerprint density at radius 2 is 1.71 bits per heavy atom. The number of halogens is 2. The number of aromatic nitrogens is 2. The highest BCUT2D eigenvalue weighted by Crippen LogP contribution is 2.19. The minimum absolute atomic E-state index is 0.118. The number of rotatable bonds is 2. The molecule has 1 aromatic heterocycles. The van der Waals surface area contributed by atoms with Crippen molar-refractivity contribution in [3.05, 3.63) is 18.0 Å². The third-order valence-electron chi connectivity index (χ3n) is 2.30. The largest absolute Gasteiger partial charge is 0.341 e. The highest BCUT2D eigenvalue weighted by molar-refractivity contribution is 5.31. The lowest BCUT2D eigenvalue weighted by molar-refractivity contribution is 0.150. The van der Waals surface area contributed by atoms with Crippen molar-refractivity contribution in [2.45, 2.75) is 19.3 Å². The van der Waals surface area contributed by atoms with Crippen LogP contribution in [0.4, 0.5) is 14.7 Å². The quantitative estimate of drug-likeness (QED) is 0.729. The topological polar surface area (TPSA) is 29.0 Å². The first-order valence-electron chi connectivity index (χ1n) is 4.62. The second-order valence-corrected chi connectivity index (χ2v) is 3.31. The molecule has 2 heterocycles. The van der Waals surface area contributed by atoms with Crippen LogP contribution in [-0.2, 0) is 0 Å². The third kappa shape index (κ3) is 1.81. The van der Waals surface area contributed by atoms with Crippen LogP contribution in [-0.4, -0.2) is 23.1 Å². The maximum atomic E-state index is 12.2. The number of hydrogen-bond acceptors (Lipinski definition) is 3. The summed E-state index contributed by atoms with van der Waals surface area (Å²) in [5.74, 6) is 0.562. The van der Waals surface area contributed by atoms with Crippen LogP contribution in [0.5, 0.6) is 0 Å². The Morgan fingerprint density at radius 3 is 2.21 bits per heavy atom. The molecule has 0 amide bonds. The fourth-order valence-corrected chi connectivity index (χ4v) is 1.52. The number of alkyl halides is 2. The van der Waals surface area contributed by atoms with Crippen LogP contribution in [0.1, 0.15) is 24.8 Å². The lowest BCUT2D eigenvalue weighted by Gasteiger charge is -2.14. The van der Waals surface area contributed by atoms with E-state index in [0.717, 1.165) is 25.9 Å². The zero-order chi connectivity index (χ0) is 9.97. The Bertz CT molecular complexity index is 293. The second kappa shape index (κ2) is 3.86. The maximum Gasteiger partial charge on any atom is 0.266 e. The van der Waals surface area contributed by atoms with Crippen LogP contribution in [0.15, 0.2) is 12.4 Å². The molecule has 0 bridgehead atoms. The van der Waals surface area contributed by atoms with E-state index in [-0.39, 0.29) is 5.56 Å². The van der Waals surface area contributed by atoms with Gasteiger partial charge >= 0.3 is 0 Å². The van der Waals surface area contributed by atoms with Crippen LogP contribution in [0.2, 0.25) is 0 Å². The number of nitrogens with zero attached hydrogens (tertiary/aromatic N) is 3. The van der Waals surface area contributed by atoms with E-state index >= 15 is 0 Å².